The molecule has 0 atom stereocenters. The number of aryl methyl sites for hydroxylation is 1. The Hall–Kier alpha value is -1.69. The first-order valence-electron chi connectivity index (χ1n) is 9.21. The smallest absolute Gasteiger partial charge is 0.275 e. The average molecular weight is 360 g/mol. The van der Waals surface area contributed by atoms with Gasteiger partial charge in [-0.05, 0) is 35.9 Å². The van der Waals surface area contributed by atoms with Crippen LogP contribution in [0.15, 0.2) is 41.8 Å². The number of quaternary nitrogens is 2. The third-order valence-corrected chi connectivity index (χ3v) is 5.93. The summed E-state index contributed by atoms with van der Waals surface area (Å²) in [6.07, 6.45) is 0.909. The fourth-order valence-electron chi connectivity index (χ4n) is 3.49. The Labute approximate surface area is 154 Å². The second-order valence-corrected chi connectivity index (χ2v) is 7.99. The maximum absolute atomic E-state index is 12.2. The number of rotatable bonds is 7. The van der Waals surface area contributed by atoms with Crippen LogP contribution >= 0.6 is 11.3 Å². The Bertz CT molecular complexity index is 663. The van der Waals surface area contributed by atoms with Gasteiger partial charge in [-0.3, -0.25) is 4.79 Å². The molecule has 3 rings (SSSR count). The van der Waals surface area contributed by atoms with E-state index in [0.29, 0.717) is 6.54 Å². The van der Waals surface area contributed by atoms with Crippen LogP contribution in [0.1, 0.15) is 16.0 Å². The second kappa shape index (κ2) is 9.13. The van der Waals surface area contributed by atoms with Gasteiger partial charge < -0.3 is 15.1 Å². The van der Waals surface area contributed by atoms with Gasteiger partial charge >= 0.3 is 0 Å². The summed E-state index contributed by atoms with van der Waals surface area (Å²) in [4.78, 5) is 16.7. The average Bonchev–Trinajstić information content (AvgIpc) is 3.11. The number of carbonyl (C=O) groups excluding carboxylic acids is 1. The minimum Gasteiger partial charge on any atom is -0.351 e. The molecule has 0 bridgehead atoms. The Balaban J connectivity index is 1.33. The van der Waals surface area contributed by atoms with E-state index < -0.39 is 0 Å². The molecule has 3 N–H and O–H groups in total. The molecule has 1 aromatic heterocycles. The summed E-state index contributed by atoms with van der Waals surface area (Å²) in [6, 6.07) is 12.7. The molecule has 1 aliphatic heterocycles. The summed E-state index contributed by atoms with van der Waals surface area (Å²) in [6.45, 7) is 9.09. The van der Waals surface area contributed by atoms with Crippen molar-refractivity contribution in [3.05, 3.63) is 57.8 Å². The number of amides is 1. The third-order valence-electron chi connectivity index (χ3n) is 5.06. The Morgan fingerprint density at radius 3 is 2.56 bits per heavy atom. The van der Waals surface area contributed by atoms with E-state index >= 15 is 0 Å². The van der Waals surface area contributed by atoms with Crippen LogP contribution in [0.5, 0.6) is 0 Å². The van der Waals surface area contributed by atoms with Crippen LogP contribution in [-0.2, 0) is 17.8 Å². The number of hydrogen-bond donors (Lipinski definition) is 3. The molecule has 0 aliphatic carbocycles. The first-order chi connectivity index (χ1) is 12.2. The summed E-state index contributed by atoms with van der Waals surface area (Å²) in [5.74, 6) is 0.185. The molecule has 5 heteroatoms. The molecule has 1 amide bonds. The van der Waals surface area contributed by atoms with Crippen molar-refractivity contribution in [2.45, 2.75) is 19.9 Å². The summed E-state index contributed by atoms with van der Waals surface area (Å²) in [5, 5.41) is 5.24. The number of carbonyl (C=O) groups is 1. The molecular formula is C20H29N3OS+2. The van der Waals surface area contributed by atoms with Gasteiger partial charge in [0.1, 0.15) is 32.7 Å². The molecule has 0 radical (unpaired) electrons. The van der Waals surface area contributed by atoms with Gasteiger partial charge in [0, 0.05) is 6.54 Å². The van der Waals surface area contributed by atoms with Crippen molar-refractivity contribution in [2.75, 3.05) is 39.3 Å². The van der Waals surface area contributed by atoms with Crippen molar-refractivity contribution in [3.63, 3.8) is 0 Å². The van der Waals surface area contributed by atoms with Crippen LogP contribution in [0.25, 0.3) is 0 Å². The predicted molar refractivity (Wildman–Crippen MR) is 102 cm³/mol. The van der Waals surface area contributed by atoms with Crippen LogP contribution < -0.4 is 15.1 Å². The van der Waals surface area contributed by atoms with Gasteiger partial charge in [-0.2, -0.15) is 0 Å². The molecule has 0 unspecified atom stereocenters. The van der Waals surface area contributed by atoms with Crippen LogP contribution in [0, 0.1) is 6.92 Å². The van der Waals surface area contributed by atoms with Gasteiger partial charge in [0.25, 0.3) is 5.91 Å². The molecule has 0 spiro atoms. The summed E-state index contributed by atoms with van der Waals surface area (Å²) < 4.78 is 0. The lowest BCUT2D eigenvalue weighted by Crippen LogP contribution is -3.28. The molecular weight excluding hydrogens is 330 g/mol. The van der Waals surface area contributed by atoms with E-state index in [1.165, 1.54) is 20.9 Å². The van der Waals surface area contributed by atoms with Gasteiger partial charge in [-0.15, -0.1) is 11.3 Å². The van der Waals surface area contributed by atoms with E-state index in [1.54, 1.807) is 4.90 Å². The topological polar surface area (TPSA) is 38.0 Å². The van der Waals surface area contributed by atoms with Crippen LogP contribution in [-0.4, -0.2) is 45.2 Å². The maximum atomic E-state index is 12.2. The molecule has 2 heterocycles. The van der Waals surface area contributed by atoms with Crippen molar-refractivity contribution < 1.29 is 14.6 Å². The minimum atomic E-state index is 0.185. The van der Waals surface area contributed by atoms with E-state index in [0.717, 1.165) is 45.7 Å². The van der Waals surface area contributed by atoms with E-state index in [9.17, 15) is 4.79 Å². The van der Waals surface area contributed by atoms with Crippen molar-refractivity contribution in [3.8, 4) is 0 Å². The molecule has 134 valence electrons. The highest BCUT2D eigenvalue weighted by Gasteiger charge is 2.24. The van der Waals surface area contributed by atoms with Crippen molar-refractivity contribution >= 4 is 17.2 Å². The number of piperazine rings is 1. The quantitative estimate of drug-likeness (QED) is 0.624. The van der Waals surface area contributed by atoms with Crippen molar-refractivity contribution in [1.29, 1.82) is 0 Å². The lowest BCUT2D eigenvalue weighted by Gasteiger charge is -2.29. The highest BCUT2D eigenvalue weighted by Crippen LogP contribution is 2.07. The van der Waals surface area contributed by atoms with Gasteiger partial charge in [0.15, 0.2) is 6.54 Å². The zero-order valence-corrected chi connectivity index (χ0v) is 15.8. The van der Waals surface area contributed by atoms with Crippen LogP contribution in [0.2, 0.25) is 0 Å². The zero-order chi connectivity index (χ0) is 17.5. The standard InChI is InChI=1S/C20H27N3OS/c1-17-5-2-3-6-18(17)8-9-21-20(24)16-23-12-10-22(11-13-23)15-19-7-4-14-25-19/h2-7,14H,8-13,15-16H2,1H3,(H,21,24)/p+2. The highest BCUT2D eigenvalue weighted by molar-refractivity contribution is 7.09. The number of benzene rings is 1. The van der Waals surface area contributed by atoms with Crippen molar-refractivity contribution in [2.24, 2.45) is 0 Å². The largest absolute Gasteiger partial charge is 0.351 e. The fourth-order valence-corrected chi connectivity index (χ4v) is 4.26. The normalized spacial score (nSPS) is 20.4. The highest BCUT2D eigenvalue weighted by atomic mass is 32.1. The third kappa shape index (κ3) is 5.66. The number of thiophene rings is 1. The molecule has 1 fully saturated rings. The Morgan fingerprint density at radius 1 is 1.08 bits per heavy atom. The predicted octanol–water partition coefficient (Wildman–Crippen LogP) is -0.301. The van der Waals surface area contributed by atoms with Crippen LogP contribution in [0.3, 0.4) is 0 Å². The van der Waals surface area contributed by atoms with E-state index in [-0.39, 0.29) is 5.91 Å². The molecule has 2 aromatic rings. The van der Waals surface area contributed by atoms with E-state index in [2.05, 4.69) is 54.0 Å². The van der Waals surface area contributed by atoms with Gasteiger partial charge in [-0.25, -0.2) is 0 Å². The van der Waals surface area contributed by atoms with Crippen molar-refractivity contribution in [1.82, 2.24) is 5.32 Å². The minimum absolute atomic E-state index is 0.185. The van der Waals surface area contributed by atoms with E-state index in [1.807, 2.05) is 11.3 Å². The molecule has 4 nitrogen and oxygen atoms in total. The zero-order valence-electron chi connectivity index (χ0n) is 15.0. The summed E-state index contributed by atoms with van der Waals surface area (Å²) in [7, 11) is 0. The Kier molecular flexibility index (Phi) is 6.62. The SMILES string of the molecule is Cc1ccccc1CCNC(=O)C[NH+]1CC[NH+](Cc2cccs2)CC1. The van der Waals surface area contributed by atoms with E-state index in [4.69, 9.17) is 0 Å². The second-order valence-electron chi connectivity index (χ2n) is 6.96. The summed E-state index contributed by atoms with van der Waals surface area (Å²) >= 11 is 1.84. The van der Waals surface area contributed by atoms with Gasteiger partial charge in [0.05, 0.1) is 4.88 Å². The number of nitrogens with one attached hydrogen (secondary N) is 3. The molecule has 1 saturated heterocycles. The monoisotopic (exact) mass is 359 g/mol. The molecule has 1 aliphatic rings. The molecule has 1 aromatic carbocycles. The lowest BCUT2D eigenvalue weighted by atomic mass is 10.1. The fraction of sp³-hybridized carbons (Fsp3) is 0.450. The molecule has 25 heavy (non-hydrogen) atoms. The van der Waals surface area contributed by atoms with Gasteiger partial charge in [-0.1, -0.05) is 30.3 Å². The summed E-state index contributed by atoms with van der Waals surface area (Å²) in [5.41, 5.74) is 2.62. The first-order valence-corrected chi connectivity index (χ1v) is 10.1. The first kappa shape index (κ1) is 18.1. The molecule has 0 saturated carbocycles. The Morgan fingerprint density at radius 2 is 1.84 bits per heavy atom. The maximum Gasteiger partial charge on any atom is 0.275 e. The van der Waals surface area contributed by atoms with Crippen LogP contribution in [0.4, 0.5) is 0 Å². The lowest BCUT2D eigenvalue weighted by molar-refractivity contribution is -1.01. The van der Waals surface area contributed by atoms with Gasteiger partial charge in [0.2, 0.25) is 0 Å². The number of hydrogen-bond acceptors (Lipinski definition) is 2.